The molecular formula is C12H12FN3O2S. The van der Waals surface area contributed by atoms with Crippen molar-refractivity contribution < 1.29 is 12.8 Å². The number of halogens is 1. The van der Waals surface area contributed by atoms with E-state index in [1.54, 1.807) is 24.3 Å². The standard InChI is InChI=1S/C12H12FN3O2S/c13-10-5-3-7-15-12(10)19(17,18)16-11-6-2-1-4-9(11)8-14/h1-7,16H,8,14H2. The summed E-state index contributed by atoms with van der Waals surface area (Å²) in [4.78, 5) is 3.54. The van der Waals surface area contributed by atoms with E-state index in [4.69, 9.17) is 5.73 Å². The van der Waals surface area contributed by atoms with Crippen LogP contribution in [-0.4, -0.2) is 13.4 Å². The number of nitrogens with two attached hydrogens (primary N) is 1. The van der Waals surface area contributed by atoms with Gasteiger partial charge in [0.15, 0.2) is 5.82 Å². The fraction of sp³-hybridized carbons (Fsp3) is 0.0833. The Kier molecular flexibility index (Phi) is 3.77. The third-order valence-corrected chi connectivity index (χ3v) is 3.76. The number of nitrogens with zero attached hydrogens (tertiary/aromatic N) is 1. The molecule has 2 aromatic rings. The van der Waals surface area contributed by atoms with Gasteiger partial charge in [-0.25, -0.2) is 9.37 Å². The number of hydrogen-bond acceptors (Lipinski definition) is 4. The smallest absolute Gasteiger partial charge is 0.282 e. The molecule has 7 heteroatoms. The van der Waals surface area contributed by atoms with Crippen molar-refractivity contribution in [2.75, 3.05) is 4.72 Å². The quantitative estimate of drug-likeness (QED) is 0.889. The van der Waals surface area contributed by atoms with Gasteiger partial charge in [-0.05, 0) is 23.8 Å². The van der Waals surface area contributed by atoms with E-state index >= 15 is 0 Å². The predicted molar refractivity (Wildman–Crippen MR) is 69.3 cm³/mol. The molecule has 19 heavy (non-hydrogen) atoms. The summed E-state index contributed by atoms with van der Waals surface area (Å²) in [7, 11) is -4.07. The van der Waals surface area contributed by atoms with E-state index in [1.165, 1.54) is 12.3 Å². The molecule has 1 aromatic heterocycles. The molecule has 0 unspecified atom stereocenters. The number of rotatable bonds is 4. The Morgan fingerprint density at radius 1 is 1.21 bits per heavy atom. The maximum Gasteiger partial charge on any atom is 0.282 e. The minimum atomic E-state index is -4.07. The van der Waals surface area contributed by atoms with Gasteiger partial charge in [-0.1, -0.05) is 18.2 Å². The highest BCUT2D eigenvalue weighted by atomic mass is 32.2. The number of para-hydroxylation sites is 1. The molecule has 5 nitrogen and oxygen atoms in total. The van der Waals surface area contributed by atoms with E-state index in [2.05, 4.69) is 9.71 Å². The SMILES string of the molecule is NCc1ccccc1NS(=O)(=O)c1ncccc1F. The van der Waals surface area contributed by atoms with Crippen LogP contribution in [0, 0.1) is 5.82 Å². The Morgan fingerprint density at radius 2 is 1.95 bits per heavy atom. The Hall–Kier alpha value is -1.99. The van der Waals surface area contributed by atoms with Crippen LogP contribution in [0.25, 0.3) is 0 Å². The van der Waals surface area contributed by atoms with Gasteiger partial charge >= 0.3 is 0 Å². The molecule has 0 aliphatic carbocycles. The normalized spacial score (nSPS) is 11.3. The second-order valence-electron chi connectivity index (χ2n) is 3.76. The summed E-state index contributed by atoms with van der Waals surface area (Å²) >= 11 is 0. The van der Waals surface area contributed by atoms with Crippen LogP contribution in [0.2, 0.25) is 0 Å². The van der Waals surface area contributed by atoms with E-state index in [0.29, 0.717) is 11.3 Å². The van der Waals surface area contributed by atoms with Crippen LogP contribution in [0.15, 0.2) is 47.6 Å². The zero-order chi connectivity index (χ0) is 13.9. The van der Waals surface area contributed by atoms with Crippen LogP contribution in [0.1, 0.15) is 5.56 Å². The third-order valence-electron chi connectivity index (χ3n) is 2.46. The molecule has 0 atom stereocenters. The van der Waals surface area contributed by atoms with Crippen molar-refractivity contribution in [1.82, 2.24) is 4.98 Å². The molecule has 0 radical (unpaired) electrons. The van der Waals surface area contributed by atoms with Crippen LogP contribution >= 0.6 is 0 Å². The molecule has 0 spiro atoms. The Bertz CT molecular complexity index is 689. The molecule has 1 heterocycles. The first-order valence-electron chi connectivity index (χ1n) is 5.46. The lowest BCUT2D eigenvalue weighted by Crippen LogP contribution is -2.17. The van der Waals surface area contributed by atoms with Gasteiger partial charge in [-0.3, -0.25) is 4.72 Å². The van der Waals surface area contributed by atoms with Gasteiger partial charge in [0.2, 0.25) is 5.03 Å². The van der Waals surface area contributed by atoms with Gasteiger partial charge in [-0.15, -0.1) is 0 Å². The number of aromatic nitrogens is 1. The van der Waals surface area contributed by atoms with Gasteiger partial charge in [0, 0.05) is 12.7 Å². The number of anilines is 1. The summed E-state index contributed by atoms with van der Waals surface area (Å²) in [5.74, 6) is -0.903. The van der Waals surface area contributed by atoms with Crippen molar-refractivity contribution in [3.63, 3.8) is 0 Å². The van der Waals surface area contributed by atoms with Gasteiger partial charge in [-0.2, -0.15) is 8.42 Å². The largest absolute Gasteiger partial charge is 0.326 e. The van der Waals surface area contributed by atoms with E-state index in [9.17, 15) is 12.8 Å². The summed E-state index contributed by atoms with van der Waals surface area (Å²) in [5, 5.41) is -0.637. The first-order chi connectivity index (χ1) is 9.04. The predicted octanol–water partition coefficient (Wildman–Crippen LogP) is 1.48. The van der Waals surface area contributed by atoms with E-state index < -0.39 is 20.9 Å². The number of nitrogens with one attached hydrogen (secondary N) is 1. The first kappa shape index (κ1) is 13.4. The molecular weight excluding hydrogens is 269 g/mol. The topological polar surface area (TPSA) is 85.1 Å². The Balaban J connectivity index is 2.40. The van der Waals surface area contributed by atoms with Crippen molar-refractivity contribution in [1.29, 1.82) is 0 Å². The molecule has 1 aromatic carbocycles. The molecule has 0 aliphatic heterocycles. The molecule has 0 aliphatic rings. The zero-order valence-electron chi connectivity index (χ0n) is 9.88. The van der Waals surface area contributed by atoms with E-state index in [-0.39, 0.29) is 6.54 Å². The molecule has 0 fully saturated rings. The number of pyridine rings is 1. The minimum Gasteiger partial charge on any atom is -0.326 e. The fourth-order valence-corrected chi connectivity index (χ4v) is 2.67. The summed E-state index contributed by atoms with van der Waals surface area (Å²) in [6, 6.07) is 9.00. The van der Waals surface area contributed by atoms with Crippen LogP contribution in [-0.2, 0) is 16.6 Å². The summed E-state index contributed by atoms with van der Waals surface area (Å²) in [6.45, 7) is 0.170. The molecule has 3 N–H and O–H groups in total. The first-order valence-corrected chi connectivity index (χ1v) is 6.94. The van der Waals surface area contributed by atoms with E-state index in [1.807, 2.05) is 0 Å². The number of benzene rings is 1. The van der Waals surface area contributed by atoms with Crippen molar-refractivity contribution in [2.24, 2.45) is 5.73 Å². The maximum atomic E-state index is 13.5. The zero-order valence-corrected chi connectivity index (χ0v) is 10.7. The highest BCUT2D eigenvalue weighted by Crippen LogP contribution is 2.19. The van der Waals surface area contributed by atoms with Gasteiger partial charge < -0.3 is 5.73 Å². The lowest BCUT2D eigenvalue weighted by atomic mass is 10.2. The van der Waals surface area contributed by atoms with Gasteiger partial charge in [0.25, 0.3) is 10.0 Å². The van der Waals surface area contributed by atoms with Crippen LogP contribution in [0.4, 0.5) is 10.1 Å². The average molecular weight is 281 g/mol. The Morgan fingerprint density at radius 3 is 2.63 bits per heavy atom. The lowest BCUT2D eigenvalue weighted by molar-refractivity contribution is 0.557. The monoisotopic (exact) mass is 281 g/mol. The second-order valence-corrected chi connectivity index (χ2v) is 5.35. The summed E-state index contributed by atoms with van der Waals surface area (Å²) in [6.07, 6.45) is 1.21. The summed E-state index contributed by atoms with van der Waals surface area (Å²) < 4.78 is 39.8. The number of sulfonamides is 1. The van der Waals surface area contributed by atoms with Crippen LogP contribution in [0.3, 0.4) is 0 Å². The highest BCUT2D eigenvalue weighted by molar-refractivity contribution is 7.92. The summed E-state index contributed by atoms with van der Waals surface area (Å²) in [5.41, 5.74) is 6.44. The highest BCUT2D eigenvalue weighted by Gasteiger charge is 2.21. The van der Waals surface area contributed by atoms with Crippen LogP contribution in [0.5, 0.6) is 0 Å². The maximum absolute atomic E-state index is 13.5. The molecule has 0 amide bonds. The average Bonchev–Trinajstić information content (AvgIpc) is 2.39. The molecule has 0 bridgehead atoms. The van der Waals surface area contributed by atoms with Crippen molar-refractivity contribution in [2.45, 2.75) is 11.6 Å². The molecule has 2 rings (SSSR count). The minimum absolute atomic E-state index is 0.170. The van der Waals surface area contributed by atoms with Crippen molar-refractivity contribution in [3.8, 4) is 0 Å². The van der Waals surface area contributed by atoms with Crippen LogP contribution < -0.4 is 10.5 Å². The van der Waals surface area contributed by atoms with E-state index in [0.717, 1.165) is 6.07 Å². The van der Waals surface area contributed by atoms with Crippen molar-refractivity contribution >= 4 is 15.7 Å². The second kappa shape index (κ2) is 5.33. The van der Waals surface area contributed by atoms with Gasteiger partial charge in [0.05, 0.1) is 5.69 Å². The Labute approximate surface area is 110 Å². The fourth-order valence-electron chi connectivity index (χ4n) is 1.56. The molecule has 100 valence electrons. The number of hydrogen-bond donors (Lipinski definition) is 2. The molecule has 0 saturated heterocycles. The van der Waals surface area contributed by atoms with Crippen molar-refractivity contribution in [3.05, 3.63) is 54.0 Å². The van der Waals surface area contributed by atoms with Gasteiger partial charge in [0.1, 0.15) is 0 Å². The molecule has 0 saturated carbocycles. The third kappa shape index (κ3) is 2.88. The lowest BCUT2D eigenvalue weighted by Gasteiger charge is -2.11.